The van der Waals surface area contributed by atoms with Gasteiger partial charge in [-0.15, -0.1) is 0 Å². The quantitative estimate of drug-likeness (QED) is 0.753. The molecule has 1 saturated heterocycles. The van der Waals surface area contributed by atoms with Crippen molar-refractivity contribution in [3.8, 4) is 0 Å². The number of rotatable bonds is 4. The normalized spacial score (nSPS) is 17.1. The van der Waals surface area contributed by atoms with Crippen LogP contribution in [0.3, 0.4) is 0 Å². The van der Waals surface area contributed by atoms with E-state index in [1.165, 1.54) is 0 Å². The van der Waals surface area contributed by atoms with Crippen LogP contribution in [0.5, 0.6) is 0 Å². The molecule has 7 heteroatoms. The van der Waals surface area contributed by atoms with E-state index < -0.39 is 0 Å². The minimum absolute atomic E-state index is 0.857. The van der Waals surface area contributed by atoms with Gasteiger partial charge < -0.3 is 4.74 Å². The van der Waals surface area contributed by atoms with Gasteiger partial charge in [-0.25, -0.2) is 14.6 Å². The van der Waals surface area contributed by atoms with Gasteiger partial charge in [0.05, 0.1) is 18.6 Å². The molecule has 3 rings (SSSR count). The Morgan fingerprint density at radius 3 is 2.95 bits per heavy atom. The molecule has 1 aliphatic rings. The monoisotopic (exact) mass is 373 g/mol. The number of morpholine rings is 1. The Hall–Kier alpha value is -0.800. The van der Waals surface area contributed by atoms with Crippen molar-refractivity contribution in [3.05, 3.63) is 16.2 Å². The zero-order valence-electron chi connectivity index (χ0n) is 10.6. The number of ether oxygens (including phenoxy) is 1. The van der Waals surface area contributed by atoms with Crippen molar-refractivity contribution in [1.82, 2.24) is 24.6 Å². The van der Waals surface area contributed by atoms with Gasteiger partial charge in [-0.2, -0.15) is 5.10 Å². The molecule has 0 spiro atoms. The summed E-state index contributed by atoms with van der Waals surface area (Å²) in [6, 6.07) is 0. The van der Waals surface area contributed by atoms with Gasteiger partial charge in [0.25, 0.3) is 0 Å². The molecule has 0 bridgehead atoms. The van der Waals surface area contributed by atoms with E-state index in [4.69, 9.17) is 4.74 Å². The molecular formula is C12H16IN5O. The zero-order chi connectivity index (χ0) is 13.1. The van der Waals surface area contributed by atoms with E-state index >= 15 is 0 Å². The number of aromatic nitrogens is 4. The topological polar surface area (TPSA) is 56.1 Å². The van der Waals surface area contributed by atoms with E-state index in [9.17, 15) is 0 Å². The maximum atomic E-state index is 5.35. The second-order valence-corrected chi connectivity index (χ2v) is 5.60. The molecule has 6 nitrogen and oxygen atoms in total. The molecule has 0 amide bonds. The number of fused-ring (bicyclic) bond motifs is 1. The zero-order valence-corrected chi connectivity index (χ0v) is 12.8. The van der Waals surface area contributed by atoms with Crippen LogP contribution in [0.25, 0.3) is 11.0 Å². The Morgan fingerprint density at radius 1 is 1.26 bits per heavy atom. The third kappa shape index (κ3) is 3.03. The first-order valence-corrected chi connectivity index (χ1v) is 7.54. The second-order valence-electron chi connectivity index (χ2n) is 4.58. The van der Waals surface area contributed by atoms with Crippen LogP contribution >= 0.6 is 22.6 Å². The molecular weight excluding hydrogens is 357 g/mol. The van der Waals surface area contributed by atoms with Crippen LogP contribution in [0.15, 0.2) is 12.5 Å². The van der Waals surface area contributed by atoms with E-state index in [1.807, 2.05) is 10.9 Å². The van der Waals surface area contributed by atoms with E-state index in [1.54, 1.807) is 6.33 Å². The molecule has 0 atom stereocenters. The fourth-order valence-corrected chi connectivity index (χ4v) is 2.95. The Balaban J connectivity index is 1.62. The smallest absolute Gasteiger partial charge is 0.162 e. The first-order valence-electron chi connectivity index (χ1n) is 6.47. The highest BCUT2D eigenvalue weighted by Crippen LogP contribution is 2.17. The second kappa shape index (κ2) is 6.10. The molecule has 2 aromatic heterocycles. The van der Waals surface area contributed by atoms with Gasteiger partial charge in [-0.3, -0.25) is 4.90 Å². The maximum Gasteiger partial charge on any atom is 0.162 e. The molecule has 0 radical (unpaired) electrons. The van der Waals surface area contributed by atoms with Crippen molar-refractivity contribution in [3.63, 3.8) is 0 Å². The summed E-state index contributed by atoms with van der Waals surface area (Å²) in [6.07, 6.45) is 4.49. The average molecular weight is 373 g/mol. The SMILES string of the molecule is Ic1nn(CCCN2CCOCC2)c2ncncc12. The highest BCUT2D eigenvalue weighted by atomic mass is 127. The average Bonchev–Trinajstić information content (AvgIpc) is 2.78. The van der Waals surface area contributed by atoms with Crippen LogP contribution in [-0.4, -0.2) is 57.5 Å². The van der Waals surface area contributed by atoms with E-state index in [-0.39, 0.29) is 0 Å². The predicted molar refractivity (Wildman–Crippen MR) is 79.9 cm³/mol. The van der Waals surface area contributed by atoms with Crippen molar-refractivity contribution in [2.45, 2.75) is 13.0 Å². The van der Waals surface area contributed by atoms with Gasteiger partial charge in [-0.1, -0.05) is 0 Å². The lowest BCUT2D eigenvalue weighted by atomic mass is 10.3. The first-order chi connectivity index (χ1) is 9.34. The van der Waals surface area contributed by atoms with Gasteiger partial charge in [-0.05, 0) is 29.0 Å². The Labute approximate surface area is 125 Å². The standard InChI is InChI=1S/C12H16IN5O/c13-11-10-8-14-9-15-12(10)18(16-11)3-1-2-17-4-6-19-7-5-17/h8-9H,1-7H2. The highest BCUT2D eigenvalue weighted by molar-refractivity contribution is 14.1. The summed E-state index contributed by atoms with van der Waals surface area (Å²) in [5, 5.41) is 5.57. The molecule has 1 aliphatic heterocycles. The largest absolute Gasteiger partial charge is 0.379 e. The molecule has 102 valence electrons. The summed E-state index contributed by atoms with van der Waals surface area (Å²) in [7, 11) is 0. The summed E-state index contributed by atoms with van der Waals surface area (Å²) < 4.78 is 8.31. The number of hydrogen-bond donors (Lipinski definition) is 0. The van der Waals surface area contributed by atoms with Crippen molar-refractivity contribution >= 4 is 33.6 Å². The third-order valence-corrected chi connectivity index (χ3v) is 4.11. The Kier molecular flexibility index (Phi) is 4.24. The van der Waals surface area contributed by atoms with E-state index in [0.717, 1.165) is 60.5 Å². The number of halogens is 1. The van der Waals surface area contributed by atoms with Crippen LogP contribution in [0.2, 0.25) is 0 Å². The van der Waals surface area contributed by atoms with Crippen molar-refractivity contribution in [2.24, 2.45) is 0 Å². The minimum Gasteiger partial charge on any atom is -0.379 e. The molecule has 0 N–H and O–H groups in total. The van der Waals surface area contributed by atoms with Crippen LogP contribution < -0.4 is 0 Å². The van der Waals surface area contributed by atoms with Crippen molar-refractivity contribution < 1.29 is 4.74 Å². The molecule has 1 fully saturated rings. The third-order valence-electron chi connectivity index (χ3n) is 3.31. The lowest BCUT2D eigenvalue weighted by Crippen LogP contribution is -2.37. The number of aryl methyl sites for hydroxylation is 1. The highest BCUT2D eigenvalue weighted by Gasteiger charge is 2.12. The van der Waals surface area contributed by atoms with Gasteiger partial charge in [0.15, 0.2) is 5.65 Å². The van der Waals surface area contributed by atoms with Crippen LogP contribution in [0.4, 0.5) is 0 Å². The fraction of sp³-hybridized carbons (Fsp3) is 0.583. The Bertz CT molecular complexity index is 552. The predicted octanol–water partition coefficient (Wildman–Crippen LogP) is 1.15. The molecule has 0 aliphatic carbocycles. The summed E-state index contributed by atoms with van der Waals surface area (Å²) in [6.45, 7) is 5.78. The van der Waals surface area contributed by atoms with Gasteiger partial charge >= 0.3 is 0 Å². The maximum absolute atomic E-state index is 5.35. The molecule has 19 heavy (non-hydrogen) atoms. The molecule has 3 heterocycles. The lowest BCUT2D eigenvalue weighted by molar-refractivity contribution is 0.0368. The van der Waals surface area contributed by atoms with Crippen molar-refractivity contribution in [1.29, 1.82) is 0 Å². The molecule has 0 unspecified atom stereocenters. The van der Waals surface area contributed by atoms with Gasteiger partial charge in [0, 0.05) is 32.4 Å². The summed E-state index contributed by atoms with van der Waals surface area (Å²) in [5.41, 5.74) is 0.932. The fourth-order valence-electron chi connectivity index (χ4n) is 2.31. The summed E-state index contributed by atoms with van der Waals surface area (Å²) in [4.78, 5) is 10.8. The summed E-state index contributed by atoms with van der Waals surface area (Å²) >= 11 is 2.24. The summed E-state index contributed by atoms with van der Waals surface area (Å²) in [5.74, 6) is 0. The minimum atomic E-state index is 0.857. The van der Waals surface area contributed by atoms with E-state index in [0.29, 0.717) is 0 Å². The van der Waals surface area contributed by atoms with E-state index in [2.05, 4.69) is 42.6 Å². The first kappa shape index (κ1) is 13.2. The molecule has 2 aromatic rings. The van der Waals surface area contributed by atoms with Gasteiger partial charge in [0.1, 0.15) is 10.0 Å². The Morgan fingerprint density at radius 2 is 2.11 bits per heavy atom. The van der Waals surface area contributed by atoms with Crippen LogP contribution in [-0.2, 0) is 11.3 Å². The van der Waals surface area contributed by atoms with Gasteiger partial charge in [0.2, 0.25) is 0 Å². The number of hydrogen-bond acceptors (Lipinski definition) is 5. The van der Waals surface area contributed by atoms with Crippen molar-refractivity contribution in [2.75, 3.05) is 32.8 Å². The van der Waals surface area contributed by atoms with Crippen LogP contribution in [0.1, 0.15) is 6.42 Å². The molecule has 0 aromatic carbocycles. The molecule has 0 saturated carbocycles. The van der Waals surface area contributed by atoms with Crippen LogP contribution in [0, 0.1) is 3.70 Å². The number of nitrogens with zero attached hydrogens (tertiary/aromatic N) is 5. The lowest BCUT2D eigenvalue weighted by Gasteiger charge is -2.26.